The molecule has 0 spiro atoms. The lowest BCUT2D eigenvalue weighted by atomic mass is 9.96. The topological polar surface area (TPSA) is 64.1 Å². The molecule has 0 saturated heterocycles. The van der Waals surface area contributed by atoms with Crippen molar-refractivity contribution in [3.63, 3.8) is 0 Å². The summed E-state index contributed by atoms with van der Waals surface area (Å²) in [7, 11) is 0. The highest BCUT2D eigenvalue weighted by molar-refractivity contribution is 5.83. The van der Waals surface area contributed by atoms with Crippen LogP contribution < -0.4 is 10.1 Å². The van der Waals surface area contributed by atoms with E-state index in [2.05, 4.69) is 15.5 Å². The molecule has 0 radical (unpaired) electrons. The number of aromatic nitrogens is 2. The second kappa shape index (κ2) is 9.65. The zero-order chi connectivity index (χ0) is 19.8. The number of rotatable bonds is 8. The van der Waals surface area contributed by atoms with E-state index in [9.17, 15) is 4.79 Å². The zero-order valence-electron chi connectivity index (χ0n) is 16.3. The normalized spacial score (nSPS) is 11.6. The predicted octanol–water partition coefficient (Wildman–Crippen LogP) is 4.14. The van der Waals surface area contributed by atoms with Crippen molar-refractivity contribution < 1.29 is 9.53 Å². The standard InChI is InChI=1S/C23H25N3O2/c1-3-20(18-7-5-4-6-8-18)23(27)24-15-16-28-22-14-13-21(25-26-22)19-11-9-17(2)10-12-19/h4-14,20H,3,15-16H2,1-2H3,(H,24,27). The number of nitrogens with zero attached hydrogens (tertiary/aromatic N) is 2. The molecule has 0 fully saturated rings. The molecule has 0 bridgehead atoms. The van der Waals surface area contributed by atoms with E-state index in [1.807, 2.05) is 74.5 Å². The van der Waals surface area contributed by atoms with Gasteiger partial charge in [-0.2, -0.15) is 0 Å². The molecule has 0 aliphatic carbocycles. The summed E-state index contributed by atoms with van der Waals surface area (Å²) in [6.07, 6.45) is 0.753. The van der Waals surface area contributed by atoms with E-state index >= 15 is 0 Å². The van der Waals surface area contributed by atoms with E-state index in [1.54, 1.807) is 6.07 Å². The fraction of sp³-hybridized carbons (Fsp3) is 0.261. The van der Waals surface area contributed by atoms with E-state index in [4.69, 9.17) is 4.74 Å². The molecule has 0 aliphatic rings. The maximum Gasteiger partial charge on any atom is 0.233 e. The van der Waals surface area contributed by atoms with Crippen LogP contribution >= 0.6 is 0 Å². The number of amides is 1. The van der Waals surface area contributed by atoms with Gasteiger partial charge in [0.15, 0.2) is 0 Å². The number of hydrogen-bond acceptors (Lipinski definition) is 4. The molecule has 3 rings (SSSR count). The fourth-order valence-electron chi connectivity index (χ4n) is 2.99. The molecular weight excluding hydrogens is 350 g/mol. The summed E-state index contributed by atoms with van der Waals surface area (Å²) in [6, 6.07) is 21.6. The van der Waals surface area contributed by atoms with Crippen LogP contribution in [0.5, 0.6) is 5.88 Å². The van der Waals surface area contributed by atoms with Crippen molar-refractivity contribution in [3.05, 3.63) is 77.9 Å². The van der Waals surface area contributed by atoms with Gasteiger partial charge in [-0.25, -0.2) is 0 Å². The minimum Gasteiger partial charge on any atom is -0.475 e. The van der Waals surface area contributed by atoms with Gasteiger partial charge in [-0.15, -0.1) is 10.2 Å². The zero-order valence-corrected chi connectivity index (χ0v) is 16.3. The molecule has 1 atom stereocenters. The number of carbonyl (C=O) groups is 1. The second-order valence-corrected chi connectivity index (χ2v) is 6.63. The van der Waals surface area contributed by atoms with Crippen LogP contribution in [0.1, 0.15) is 30.4 Å². The number of carbonyl (C=O) groups excluding carboxylic acids is 1. The Morgan fingerprint density at radius 2 is 1.75 bits per heavy atom. The Labute approximate surface area is 165 Å². The average molecular weight is 375 g/mol. The van der Waals surface area contributed by atoms with Gasteiger partial charge < -0.3 is 10.1 Å². The van der Waals surface area contributed by atoms with Crippen molar-refractivity contribution >= 4 is 5.91 Å². The minimum atomic E-state index is -0.144. The third-order valence-corrected chi connectivity index (χ3v) is 4.57. The Morgan fingerprint density at radius 1 is 1.00 bits per heavy atom. The Morgan fingerprint density at radius 3 is 2.39 bits per heavy atom. The van der Waals surface area contributed by atoms with Crippen LogP contribution in [0.4, 0.5) is 0 Å². The van der Waals surface area contributed by atoms with Gasteiger partial charge in [-0.05, 0) is 25.0 Å². The molecule has 0 saturated carbocycles. The van der Waals surface area contributed by atoms with Crippen molar-refractivity contribution in [2.24, 2.45) is 0 Å². The van der Waals surface area contributed by atoms with E-state index < -0.39 is 0 Å². The van der Waals surface area contributed by atoms with Gasteiger partial charge in [-0.3, -0.25) is 4.79 Å². The molecule has 1 heterocycles. The van der Waals surface area contributed by atoms with E-state index in [1.165, 1.54) is 5.56 Å². The Balaban J connectivity index is 1.47. The molecule has 1 N–H and O–H groups in total. The first-order valence-electron chi connectivity index (χ1n) is 9.53. The second-order valence-electron chi connectivity index (χ2n) is 6.63. The highest BCUT2D eigenvalue weighted by Gasteiger charge is 2.17. The van der Waals surface area contributed by atoms with E-state index in [0.717, 1.165) is 23.2 Å². The molecule has 1 unspecified atom stereocenters. The van der Waals surface area contributed by atoms with E-state index in [0.29, 0.717) is 19.0 Å². The molecule has 1 amide bonds. The van der Waals surface area contributed by atoms with Crippen LogP contribution in [0.15, 0.2) is 66.7 Å². The number of ether oxygens (including phenoxy) is 1. The predicted molar refractivity (Wildman–Crippen MR) is 110 cm³/mol. The molecule has 5 nitrogen and oxygen atoms in total. The minimum absolute atomic E-state index is 0.0121. The molecule has 3 aromatic rings. The first kappa shape index (κ1) is 19.5. The summed E-state index contributed by atoms with van der Waals surface area (Å²) in [5, 5.41) is 11.3. The van der Waals surface area contributed by atoms with Gasteiger partial charge in [0.05, 0.1) is 18.2 Å². The van der Waals surface area contributed by atoms with Gasteiger partial charge in [-0.1, -0.05) is 67.1 Å². The van der Waals surface area contributed by atoms with Crippen LogP contribution in [-0.2, 0) is 4.79 Å². The van der Waals surface area contributed by atoms with Crippen molar-refractivity contribution in [2.45, 2.75) is 26.2 Å². The molecule has 28 heavy (non-hydrogen) atoms. The van der Waals surface area contributed by atoms with E-state index in [-0.39, 0.29) is 11.8 Å². The summed E-state index contributed by atoms with van der Waals surface area (Å²) in [5.41, 5.74) is 4.05. The lowest BCUT2D eigenvalue weighted by molar-refractivity contribution is -0.122. The first-order chi connectivity index (χ1) is 13.7. The van der Waals surface area contributed by atoms with Crippen LogP contribution in [0, 0.1) is 6.92 Å². The third kappa shape index (κ3) is 5.16. The van der Waals surface area contributed by atoms with Gasteiger partial charge in [0.25, 0.3) is 0 Å². The molecule has 144 valence electrons. The lowest BCUT2D eigenvalue weighted by Gasteiger charge is -2.15. The van der Waals surface area contributed by atoms with Crippen molar-refractivity contribution in [2.75, 3.05) is 13.2 Å². The molecule has 0 aliphatic heterocycles. The van der Waals surface area contributed by atoms with Gasteiger partial charge >= 0.3 is 0 Å². The molecule has 2 aromatic carbocycles. The summed E-state index contributed by atoms with van der Waals surface area (Å²) < 4.78 is 5.60. The van der Waals surface area contributed by atoms with Crippen LogP contribution in [0.25, 0.3) is 11.3 Å². The molecule has 5 heteroatoms. The van der Waals surface area contributed by atoms with Crippen molar-refractivity contribution in [1.29, 1.82) is 0 Å². The van der Waals surface area contributed by atoms with Crippen LogP contribution in [0.2, 0.25) is 0 Å². The molecule has 1 aromatic heterocycles. The third-order valence-electron chi connectivity index (χ3n) is 4.57. The van der Waals surface area contributed by atoms with Gasteiger partial charge in [0, 0.05) is 11.6 Å². The fourth-order valence-corrected chi connectivity index (χ4v) is 2.99. The monoisotopic (exact) mass is 375 g/mol. The van der Waals surface area contributed by atoms with Gasteiger partial charge in [0.1, 0.15) is 6.61 Å². The Hall–Kier alpha value is -3.21. The highest BCUT2D eigenvalue weighted by Crippen LogP contribution is 2.19. The van der Waals surface area contributed by atoms with Crippen molar-refractivity contribution in [1.82, 2.24) is 15.5 Å². The summed E-state index contributed by atoms with van der Waals surface area (Å²) >= 11 is 0. The van der Waals surface area contributed by atoms with Crippen molar-refractivity contribution in [3.8, 4) is 17.1 Å². The molecular formula is C23H25N3O2. The number of benzene rings is 2. The summed E-state index contributed by atoms with van der Waals surface area (Å²) in [5.74, 6) is 0.313. The first-order valence-corrected chi connectivity index (χ1v) is 9.53. The smallest absolute Gasteiger partial charge is 0.233 e. The number of hydrogen-bond donors (Lipinski definition) is 1. The number of aryl methyl sites for hydroxylation is 1. The summed E-state index contributed by atoms with van der Waals surface area (Å²) in [6.45, 7) is 4.83. The average Bonchev–Trinajstić information content (AvgIpc) is 2.74. The number of nitrogens with one attached hydrogen (secondary N) is 1. The lowest BCUT2D eigenvalue weighted by Crippen LogP contribution is -2.32. The highest BCUT2D eigenvalue weighted by atomic mass is 16.5. The Kier molecular flexibility index (Phi) is 6.73. The summed E-state index contributed by atoms with van der Waals surface area (Å²) in [4.78, 5) is 12.4. The quantitative estimate of drug-likeness (QED) is 0.601. The maximum atomic E-state index is 12.4. The van der Waals surface area contributed by atoms with Crippen LogP contribution in [0.3, 0.4) is 0 Å². The van der Waals surface area contributed by atoms with Crippen LogP contribution in [-0.4, -0.2) is 29.3 Å². The largest absolute Gasteiger partial charge is 0.475 e. The Bertz CT molecular complexity index is 878. The van der Waals surface area contributed by atoms with Gasteiger partial charge in [0.2, 0.25) is 11.8 Å². The maximum absolute atomic E-state index is 12.4. The SMILES string of the molecule is CCC(C(=O)NCCOc1ccc(-c2ccc(C)cc2)nn1)c1ccccc1.